The number of aromatic nitrogens is 1. The van der Waals surface area contributed by atoms with E-state index >= 15 is 0 Å². The lowest BCUT2D eigenvalue weighted by Crippen LogP contribution is -2.29. The van der Waals surface area contributed by atoms with E-state index in [9.17, 15) is 4.79 Å². The van der Waals surface area contributed by atoms with Crippen molar-refractivity contribution < 1.29 is 4.79 Å². The number of carbonyl (C=O) groups is 1. The summed E-state index contributed by atoms with van der Waals surface area (Å²) >= 11 is 1.55. The molecule has 1 amide bonds. The van der Waals surface area contributed by atoms with E-state index in [1.54, 1.807) is 17.5 Å². The second-order valence-electron chi connectivity index (χ2n) is 4.16. The Morgan fingerprint density at radius 2 is 2.39 bits per heavy atom. The van der Waals surface area contributed by atoms with Gasteiger partial charge in [-0.2, -0.15) is 0 Å². The molecule has 0 radical (unpaired) electrons. The number of nitrogens with one attached hydrogen (secondary N) is 2. The fraction of sp³-hybridized carbons (Fsp3) is 0.231. The first-order chi connectivity index (χ1) is 8.84. The van der Waals surface area contributed by atoms with Gasteiger partial charge in [0.1, 0.15) is 5.01 Å². The summed E-state index contributed by atoms with van der Waals surface area (Å²) in [5.41, 5.74) is 2.14. The number of carbonyl (C=O) groups excluding carboxylic acids is 1. The van der Waals surface area contributed by atoms with Gasteiger partial charge in [-0.05, 0) is 11.6 Å². The first kappa shape index (κ1) is 11.2. The molecule has 1 unspecified atom stereocenters. The molecule has 1 atom stereocenters. The molecule has 4 nitrogen and oxygen atoms in total. The van der Waals surface area contributed by atoms with Crippen LogP contribution in [0, 0.1) is 0 Å². The highest BCUT2D eigenvalue weighted by molar-refractivity contribution is 7.09. The van der Waals surface area contributed by atoms with Gasteiger partial charge in [-0.1, -0.05) is 18.2 Å². The van der Waals surface area contributed by atoms with Crippen molar-refractivity contribution in [2.24, 2.45) is 0 Å². The molecule has 3 rings (SSSR count). The molecule has 0 bridgehead atoms. The summed E-state index contributed by atoms with van der Waals surface area (Å²) in [4.78, 5) is 16.3. The largest absolute Gasteiger partial charge is 0.384 e. The first-order valence-electron chi connectivity index (χ1n) is 5.83. The zero-order chi connectivity index (χ0) is 12.4. The van der Waals surface area contributed by atoms with E-state index in [4.69, 9.17) is 0 Å². The Morgan fingerprint density at radius 3 is 3.22 bits per heavy atom. The van der Waals surface area contributed by atoms with Gasteiger partial charge >= 0.3 is 0 Å². The third-order valence-corrected chi connectivity index (χ3v) is 3.83. The summed E-state index contributed by atoms with van der Waals surface area (Å²) in [5, 5.41) is 9.03. The molecule has 2 N–H and O–H groups in total. The number of benzene rings is 1. The molecule has 18 heavy (non-hydrogen) atoms. The highest BCUT2D eigenvalue weighted by Gasteiger charge is 2.27. The highest BCUT2D eigenvalue weighted by atomic mass is 32.1. The van der Waals surface area contributed by atoms with Crippen LogP contribution in [0.4, 0.5) is 5.69 Å². The van der Waals surface area contributed by atoms with Crippen LogP contribution in [-0.4, -0.2) is 17.4 Å². The Kier molecular flexibility index (Phi) is 2.98. The predicted molar refractivity (Wildman–Crippen MR) is 71.6 cm³/mol. The maximum Gasteiger partial charge on any atom is 0.229 e. The van der Waals surface area contributed by atoms with E-state index in [1.807, 2.05) is 29.6 Å². The third kappa shape index (κ3) is 2.09. The fourth-order valence-electron chi connectivity index (χ4n) is 2.14. The first-order valence-corrected chi connectivity index (χ1v) is 6.71. The molecule has 1 aromatic carbocycles. The van der Waals surface area contributed by atoms with E-state index < -0.39 is 0 Å². The lowest BCUT2D eigenvalue weighted by atomic mass is 10.0. The molecule has 0 fully saturated rings. The van der Waals surface area contributed by atoms with Crippen molar-refractivity contribution in [3.63, 3.8) is 0 Å². The van der Waals surface area contributed by atoms with E-state index in [0.717, 1.165) is 16.3 Å². The van der Waals surface area contributed by atoms with Crippen LogP contribution in [0.2, 0.25) is 0 Å². The predicted octanol–water partition coefficient (Wildman–Crippen LogP) is 1.97. The third-order valence-electron chi connectivity index (χ3n) is 3.05. The zero-order valence-electron chi connectivity index (χ0n) is 9.72. The van der Waals surface area contributed by atoms with Crippen molar-refractivity contribution in [3.05, 3.63) is 46.4 Å². The molecule has 92 valence electrons. The van der Waals surface area contributed by atoms with Gasteiger partial charge in [0.05, 0.1) is 12.5 Å². The molecule has 0 saturated carbocycles. The van der Waals surface area contributed by atoms with Gasteiger partial charge in [0.15, 0.2) is 0 Å². The van der Waals surface area contributed by atoms with Crippen LogP contribution in [0.5, 0.6) is 0 Å². The van der Waals surface area contributed by atoms with Crippen LogP contribution in [0.3, 0.4) is 0 Å². The molecule has 1 aliphatic rings. The molecular formula is C13H13N3OS. The minimum absolute atomic E-state index is 0.0580. The fourth-order valence-corrected chi connectivity index (χ4v) is 2.70. The monoisotopic (exact) mass is 259 g/mol. The Morgan fingerprint density at radius 1 is 1.50 bits per heavy atom. The summed E-state index contributed by atoms with van der Waals surface area (Å²) < 4.78 is 0. The van der Waals surface area contributed by atoms with Crippen molar-refractivity contribution in [1.29, 1.82) is 0 Å². The van der Waals surface area contributed by atoms with Gasteiger partial charge < -0.3 is 10.6 Å². The maximum absolute atomic E-state index is 12.1. The molecule has 1 aromatic heterocycles. The maximum atomic E-state index is 12.1. The lowest BCUT2D eigenvalue weighted by Gasteiger charge is -2.10. The second-order valence-corrected chi connectivity index (χ2v) is 5.14. The van der Waals surface area contributed by atoms with Crippen molar-refractivity contribution >= 4 is 22.9 Å². The minimum atomic E-state index is -0.0961. The molecular weight excluding hydrogens is 246 g/mol. The zero-order valence-corrected chi connectivity index (χ0v) is 10.5. The van der Waals surface area contributed by atoms with E-state index in [-0.39, 0.29) is 11.8 Å². The molecule has 0 aliphatic carbocycles. The summed E-state index contributed by atoms with van der Waals surface area (Å²) in [6.45, 7) is 1.18. The standard InChI is InChI=1S/C13H13N3OS/c17-13(16-8-12-14-5-6-18-12)10-7-15-11-4-2-1-3-9(10)11/h1-6,10,15H,7-8H2,(H,16,17). The van der Waals surface area contributed by atoms with Crippen LogP contribution in [0.25, 0.3) is 0 Å². The van der Waals surface area contributed by atoms with Gasteiger partial charge in [-0.25, -0.2) is 4.98 Å². The Balaban J connectivity index is 1.67. The average Bonchev–Trinajstić information content (AvgIpc) is 3.05. The summed E-state index contributed by atoms with van der Waals surface area (Å²) in [6.07, 6.45) is 1.75. The lowest BCUT2D eigenvalue weighted by molar-refractivity contribution is -0.122. The number of para-hydroxylation sites is 1. The SMILES string of the molecule is O=C(NCc1nccs1)C1CNc2ccccc21. The normalized spacial score (nSPS) is 17.0. The Bertz CT molecular complexity index is 553. The smallest absolute Gasteiger partial charge is 0.229 e. The van der Waals surface area contributed by atoms with Crippen molar-refractivity contribution in [3.8, 4) is 0 Å². The quantitative estimate of drug-likeness (QED) is 0.886. The van der Waals surface area contributed by atoms with Crippen molar-refractivity contribution in [1.82, 2.24) is 10.3 Å². The van der Waals surface area contributed by atoms with Crippen LogP contribution in [-0.2, 0) is 11.3 Å². The van der Waals surface area contributed by atoms with E-state index in [2.05, 4.69) is 15.6 Å². The van der Waals surface area contributed by atoms with Crippen molar-refractivity contribution in [2.75, 3.05) is 11.9 Å². The van der Waals surface area contributed by atoms with Crippen LogP contribution in [0.15, 0.2) is 35.8 Å². The number of rotatable bonds is 3. The van der Waals surface area contributed by atoms with Gasteiger partial charge in [0, 0.05) is 23.8 Å². The molecule has 0 spiro atoms. The number of hydrogen-bond donors (Lipinski definition) is 2. The summed E-state index contributed by atoms with van der Waals surface area (Å²) in [7, 11) is 0. The van der Waals surface area contributed by atoms with Gasteiger partial charge in [0.25, 0.3) is 0 Å². The second kappa shape index (κ2) is 4.78. The Labute approximate surface area is 109 Å². The number of hydrogen-bond acceptors (Lipinski definition) is 4. The molecule has 2 heterocycles. The average molecular weight is 259 g/mol. The summed E-state index contributed by atoms with van der Waals surface area (Å²) in [5.74, 6) is -0.0381. The molecule has 2 aromatic rings. The number of thiazole rings is 1. The van der Waals surface area contributed by atoms with Crippen LogP contribution in [0.1, 0.15) is 16.5 Å². The van der Waals surface area contributed by atoms with Crippen molar-refractivity contribution in [2.45, 2.75) is 12.5 Å². The molecule has 0 saturated heterocycles. The minimum Gasteiger partial charge on any atom is -0.384 e. The highest BCUT2D eigenvalue weighted by Crippen LogP contribution is 2.30. The van der Waals surface area contributed by atoms with Gasteiger partial charge in [0.2, 0.25) is 5.91 Å². The van der Waals surface area contributed by atoms with Crippen LogP contribution >= 0.6 is 11.3 Å². The number of fused-ring (bicyclic) bond motifs is 1. The number of anilines is 1. The van der Waals surface area contributed by atoms with E-state index in [1.165, 1.54) is 0 Å². The summed E-state index contributed by atoms with van der Waals surface area (Å²) in [6, 6.07) is 7.95. The van der Waals surface area contributed by atoms with Gasteiger partial charge in [-0.3, -0.25) is 4.79 Å². The van der Waals surface area contributed by atoms with Gasteiger partial charge in [-0.15, -0.1) is 11.3 Å². The molecule has 5 heteroatoms. The van der Waals surface area contributed by atoms with Crippen LogP contribution < -0.4 is 10.6 Å². The number of nitrogens with zero attached hydrogens (tertiary/aromatic N) is 1. The topological polar surface area (TPSA) is 54.0 Å². The van der Waals surface area contributed by atoms with E-state index in [0.29, 0.717) is 13.1 Å². The number of amides is 1. The Hall–Kier alpha value is -1.88. The molecule has 1 aliphatic heterocycles.